The van der Waals surface area contributed by atoms with Gasteiger partial charge in [-0.2, -0.15) is 0 Å². The second-order valence-corrected chi connectivity index (χ2v) is 7.98. The standard InChI is InChI=1S/C26H39NO4/c28-18-6-2-4-8-20-30-25-13-9-23(10-14-25)21-27-17-5-1-3-7-19-31-26-15-11-24(22-29)12-16-26/h9-16,27-29H,1-8,17-22H2/p+1. The van der Waals surface area contributed by atoms with Gasteiger partial charge in [-0.15, -0.1) is 0 Å². The minimum Gasteiger partial charge on any atom is -0.494 e. The van der Waals surface area contributed by atoms with Crippen molar-refractivity contribution >= 4 is 0 Å². The van der Waals surface area contributed by atoms with Crippen molar-refractivity contribution in [3.8, 4) is 11.5 Å². The summed E-state index contributed by atoms with van der Waals surface area (Å²) in [6.07, 6.45) is 8.83. The molecular formula is C26H40NO4+. The van der Waals surface area contributed by atoms with Crippen molar-refractivity contribution in [2.45, 2.75) is 64.5 Å². The van der Waals surface area contributed by atoms with Crippen LogP contribution in [-0.4, -0.2) is 36.6 Å². The average Bonchev–Trinajstić information content (AvgIpc) is 2.81. The smallest absolute Gasteiger partial charge is 0.119 e. The van der Waals surface area contributed by atoms with Crippen molar-refractivity contribution < 1.29 is 25.0 Å². The molecule has 172 valence electrons. The van der Waals surface area contributed by atoms with Gasteiger partial charge >= 0.3 is 0 Å². The highest BCUT2D eigenvalue weighted by Crippen LogP contribution is 2.14. The zero-order valence-corrected chi connectivity index (χ0v) is 18.8. The van der Waals surface area contributed by atoms with Crippen LogP contribution in [0.3, 0.4) is 0 Å². The van der Waals surface area contributed by atoms with Gasteiger partial charge in [0, 0.05) is 12.2 Å². The van der Waals surface area contributed by atoms with E-state index in [4.69, 9.17) is 19.7 Å². The number of hydrogen-bond donors (Lipinski definition) is 3. The van der Waals surface area contributed by atoms with Crippen LogP contribution in [0.15, 0.2) is 48.5 Å². The molecule has 0 radical (unpaired) electrons. The predicted molar refractivity (Wildman–Crippen MR) is 124 cm³/mol. The monoisotopic (exact) mass is 430 g/mol. The fraction of sp³-hybridized carbons (Fsp3) is 0.538. The normalized spacial score (nSPS) is 10.9. The Labute approximate surface area is 187 Å². The van der Waals surface area contributed by atoms with Gasteiger partial charge < -0.3 is 25.0 Å². The van der Waals surface area contributed by atoms with Crippen molar-refractivity contribution in [3.05, 3.63) is 59.7 Å². The first kappa shape index (κ1) is 25.2. The number of hydrogen-bond acceptors (Lipinski definition) is 4. The van der Waals surface area contributed by atoms with Crippen LogP contribution in [0.2, 0.25) is 0 Å². The fourth-order valence-electron chi connectivity index (χ4n) is 3.37. The number of unbranched alkanes of at least 4 members (excludes halogenated alkanes) is 6. The van der Waals surface area contributed by atoms with E-state index in [-0.39, 0.29) is 13.2 Å². The van der Waals surface area contributed by atoms with E-state index in [0.717, 1.165) is 75.5 Å². The molecule has 5 nitrogen and oxygen atoms in total. The van der Waals surface area contributed by atoms with Crippen LogP contribution in [0, 0.1) is 0 Å². The molecule has 0 atom stereocenters. The summed E-state index contributed by atoms with van der Waals surface area (Å²) in [5, 5.41) is 20.2. The van der Waals surface area contributed by atoms with Crippen molar-refractivity contribution in [1.29, 1.82) is 0 Å². The lowest BCUT2D eigenvalue weighted by molar-refractivity contribution is -0.671. The van der Waals surface area contributed by atoms with E-state index in [1.807, 2.05) is 24.3 Å². The number of quaternary nitrogens is 1. The van der Waals surface area contributed by atoms with Gasteiger partial charge in [0.05, 0.1) is 26.4 Å². The topological polar surface area (TPSA) is 75.5 Å². The maximum absolute atomic E-state index is 9.04. The van der Waals surface area contributed by atoms with Crippen molar-refractivity contribution in [1.82, 2.24) is 0 Å². The Morgan fingerprint density at radius 3 is 1.65 bits per heavy atom. The van der Waals surface area contributed by atoms with Crippen molar-refractivity contribution in [2.75, 3.05) is 26.4 Å². The third kappa shape index (κ3) is 11.8. The van der Waals surface area contributed by atoms with Gasteiger partial charge in [-0.1, -0.05) is 18.6 Å². The van der Waals surface area contributed by atoms with Crippen molar-refractivity contribution in [3.63, 3.8) is 0 Å². The summed E-state index contributed by atoms with van der Waals surface area (Å²) in [4.78, 5) is 0. The average molecular weight is 431 g/mol. The van der Waals surface area contributed by atoms with Crippen LogP contribution in [0.5, 0.6) is 11.5 Å². The molecule has 0 heterocycles. The number of ether oxygens (including phenoxy) is 2. The molecule has 4 N–H and O–H groups in total. The number of rotatable bonds is 18. The Bertz CT molecular complexity index is 673. The molecule has 2 aromatic carbocycles. The first-order valence-corrected chi connectivity index (χ1v) is 11.8. The first-order valence-electron chi connectivity index (χ1n) is 11.8. The van der Waals surface area contributed by atoms with Crippen LogP contribution >= 0.6 is 0 Å². The summed E-state index contributed by atoms with van der Waals surface area (Å²) in [6, 6.07) is 16.1. The summed E-state index contributed by atoms with van der Waals surface area (Å²) in [7, 11) is 0. The van der Waals surface area contributed by atoms with Gasteiger partial charge in [-0.25, -0.2) is 0 Å². The van der Waals surface area contributed by atoms with E-state index in [1.165, 1.54) is 24.8 Å². The Hall–Kier alpha value is -2.08. The van der Waals surface area contributed by atoms with Crippen LogP contribution in [-0.2, 0) is 13.2 Å². The minimum atomic E-state index is 0.0737. The SMILES string of the molecule is OCCCCCCOc1ccc(C[NH2+]CCCCCCOc2ccc(CO)cc2)cc1. The number of aliphatic hydroxyl groups is 2. The van der Waals surface area contributed by atoms with E-state index in [2.05, 4.69) is 29.6 Å². The molecule has 2 rings (SSSR count). The second kappa shape index (κ2) is 16.6. The molecule has 5 heteroatoms. The van der Waals surface area contributed by atoms with E-state index in [9.17, 15) is 0 Å². The van der Waals surface area contributed by atoms with Gasteiger partial charge in [-0.05, 0) is 86.9 Å². The molecule has 0 bridgehead atoms. The van der Waals surface area contributed by atoms with Crippen LogP contribution in [0.25, 0.3) is 0 Å². The number of nitrogens with two attached hydrogens (primary N) is 1. The molecule has 0 saturated carbocycles. The Morgan fingerprint density at radius 2 is 1.10 bits per heavy atom. The van der Waals surface area contributed by atoms with Crippen LogP contribution in [0.1, 0.15) is 62.5 Å². The largest absolute Gasteiger partial charge is 0.494 e. The van der Waals surface area contributed by atoms with Gasteiger partial charge in [0.25, 0.3) is 0 Å². The van der Waals surface area contributed by atoms with Crippen LogP contribution in [0.4, 0.5) is 0 Å². The van der Waals surface area contributed by atoms with Gasteiger partial charge in [0.1, 0.15) is 18.0 Å². The second-order valence-electron chi connectivity index (χ2n) is 7.98. The molecule has 0 spiro atoms. The highest BCUT2D eigenvalue weighted by Gasteiger charge is 2.00. The molecule has 0 aliphatic rings. The molecule has 0 saturated heterocycles. The maximum Gasteiger partial charge on any atom is 0.119 e. The lowest BCUT2D eigenvalue weighted by Crippen LogP contribution is -2.82. The molecule has 2 aromatic rings. The molecule has 0 aliphatic carbocycles. The Balaban J connectivity index is 1.42. The molecule has 0 amide bonds. The quantitative estimate of drug-likeness (QED) is 0.314. The van der Waals surface area contributed by atoms with Gasteiger partial charge in [-0.3, -0.25) is 0 Å². The highest BCUT2D eigenvalue weighted by molar-refractivity contribution is 5.27. The van der Waals surface area contributed by atoms with Crippen molar-refractivity contribution in [2.24, 2.45) is 0 Å². The third-order valence-electron chi connectivity index (χ3n) is 5.30. The molecule has 0 aromatic heterocycles. The maximum atomic E-state index is 9.04. The highest BCUT2D eigenvalue weighted by atomic mass is 16.5. The van der Waals surface area contributed by atoms with Gasteiger partial charge in [0.2, 0.25) is 0 Å². The number of benzene rings is 2. The van der Waals surface area contributed by atoms with E-state index >= 15 is 0 Å². The van der Waals surface area contributed by atoms with E-state index in [1.54, 1.807) is 0 Å². The lowest BCUT2D eigenvalue weighted by Gasteiger charge is -2.08. The van der Waals surface area contributed by atoms with E-state index in [0.29, 0.717) is 0 Å². The lowest BCUT2D eigenvalue weighted by atomic mass is 10.2. The minimum absolute atomic E-state index is 0.0737. The third-order valence-corrected chi connectivity index (χ3v) is 5.30. The molecule has 0 aliphatic heterocycles. The number of aliphatic hydroxyl groups excluding tert-OH is 2. The zero-order chi connectivity index (χ0) is 22.0. The Morgan fingerprint density at radius 1 is 0.581 bits per heavy atom. The zero-order valence-electron chi connectivity index (χ0n) is 18.8. The molecule has 0 unspecified atom stereocenters. The summed E-state index contributed by atoms with van der Waals surface area (Å²) in [5.41, 5.74) is 2.24. The first-order chi connectivity index (χ1) is 15.3. The summed E-state index contributed by atoms with van der Waals surface area (Å²) >= 11 is 0. The summed E-state index contributed by atoms with van der Waals surface area (Å²) < 4.78 is 11.5. The van der Waals surface area contributed by atoms with Gasteiger partial charge in [0.15, 0.2) is 0 Å². The fourth-order valence-corrected chi connectivity index (χ4v) is 3.37. The van der Waals surface area contributed by atoms with E-state index < -0.39 is 0 Å². The molecule has 0 fully saturated rings. The summed E-state index contributed by atoms with van der Waals surface area (Å²) in [6.45, 7) is 4.02. The molecular weight excluding hydrogens is 390 g/mol. The summed E-state index contributed by atoms with van der Waals surface area (Å²) in [5.74, 6) is 1.82. The van der Waals surface area contributed by atoms with Crippen LogP contribution < -0.4 is 14.8 Å². The Kier molecular flexibility index (Phi) is 13.5. The molecule has 31 heavy (non-hydrogen) atoms. The predicted octanol–water partition coefficient (Wildman–Crippen LogP) is 3.81.